The number of hydrogen-bond acceptors (Lipinski definition) is 7. The van der Waals surface area contributed by atoms with E-state index in [9.17, 15) is 24.9 Å². The molecule has 0 bridgehead atoms. The summed E-state index contributed by atoms with van der Waals surface area (Å²) in [5.74, 6) is -2.87. The summed E-state index contributed by atoms with van der Waals surface area (Å²) in [5, 5.41) is 31.5. The molecule has 0 aliphatic carbocycles. The number of aliphatic hydroxyl groups is 2. The molecule has 0 saturated heterocycles. The number of nitrogens with two attached hydrogens (primary N) is 2. The molecule has 0 aliphatic rings. The molecule has 0 saturated carbocycles. The summed E-state index contributed by atoms with van der Waals surface area (Å²) >= 11 is 0. The highest BCUT2D eigenvalue weighted by atomic mass is 16.5. The molecule has 0 fully saturated rings. The van der Waals surface area contributed by atoms with Crippen LogP contribution in [-0.4, -0.2) is 52.1 Å². The maximum absolute atomic E-state index is 13.2. The van der Waals surface area contributed by atoms with Crippen molar-refractivity contribution in [2.75, 3.05) is 6.61 Å². The van der Waals surface area contributed by atoms with E-state index in [2.05, 4.69) is 0 Å². The minimum Gasteiger partial charge on any atom is -0.508 e. The van der Waals surface area contributed by atoms with Crippen molar-refractivity contribution >= 4 is 11.9 Å². The van der Waals surface area contributed by atoms with Crippen LogP contribution in [0.25, 0.3) is 0 Å². The Labute approximate surface area is 241 Å². The summed E-state index contributed by atoms with van der Waals surface area (Å²) < 4.78 is 5.52. The minimum atomic E-state index is -1.21. The van der Waals surface area contributed by atoms with Gasteiger partial charge in [0.15, 0.2) is 0 Å². The number of phenols is 1. The maximum atomic E-state index is 13.2. The van der Waals surface area contributed by atoms with Gasteiger partial charge in [-0.2, -0.15) is 0 Å². The Balaban J connectivity index is 1.66. The molecule has 3 aromatic rings. The Morgan fingerprint density at radius 2 is 1.51 bits per heavy atom. The molecular weight excluding hydrogens is 520 g/mol. The number of ether oxygens (including phenoxy) is 1. The van der Waals surface area contributed by atoms with E-state index < -0.39 is 42.0 Å². The second kappa shape index (κ2) is 15.1. The third-order valence-corrected chi connectivity index (χ3v) is 7.28. The summed E-state index contributed by atoms with van der Waals surface area (Å²) in [6.45, 7) is 3.52. The van der Waals surface area contributed by atoms with Crippen LogP contribution in [0.5, 0.6) is 5.75 Å². The molecule has 1 amide bonds. The fraction of sp³-hybridized carbons (Fsp3) is 0.333. The number of aromatic hydroxyl groups is 1. The van der Waals surface area contributed by atoms with Crippen molar-refractivity contribution in [1.29, 1.82) is 0 Å². The van der Waals surface area contributed by atoms with Crippen LogP contribution in [0.3, 0.4) is 0 Å². The van der Waals surface area contributed by atoms with E-state index in [4.69, 9.17) is 16.2 Å². The molecular formula is C33H40N2O6. The predicted molar refractivity (Wildman–Crippen MR) is 158 cm³/mol. The van der Waals surface area contributed by atoms with Crippen molar-refractivity contribution in [1.82, 2.24) is 0 Å². The molecule has 3 aromatic carbocycles. The number of carbonyl (C=O) groups excluding carboxylic acids is 2. The first-order valence-electron chi connectivity index (χ1n) is 13.7. The lowest BCUT2D eigenvalue weighted by molar-refractivity contribution is -0.152. The van der Waals surface area contributed by atoms with Gasteiger partial charge < -0.3 is 31.5 Å². The van der Waals surface area contributed by atoms with Gasteiger partial charge in [0.25, 0.3) is 0 Å². The van der Waals surface area contributed by atoms with E-state index >= 15 is 0 Å². The van der Waals surface area contributed by atoms with Gasteiger partial charge in [-0.1, -0.05) is 72.8 Å². The van der Waals surface area contributed by atoms with Crippen LogP contribution in [0.1, 0.15) is 40.2 Å². The Kier molecular flexibility index (Phi) is 11.6. The van der Waals surface area contributed by atoms with E-state index in [0.717, 1.165) is 22.3 Å². The molecule has 0 aliphatic heterocycles. The highest BCUT2D eigenvalue weighted by molar-refractivity contribution is 5.82. The third kappa shape index (κ3) is 9.28. The van der Waals surface area contributed by atoms with Crippen molar-refractivity contribution < 1.29 is 29.6 Å². The number of amides is 1. The summed E-state index contributed by atoms with van der Waals surface area (Å²) in [4.78, 5) is 25.2. The van der Waals surface area contributed by atoms with E-state index in [0.29, 0.717) is 12.0 Å². The zero-order chi connectivity index (χ0) is 29.9. The van der Waals surface area contributed by atoms with Crippen LogP contribution in [-0.2, 0) is 27.2 Å². The smallest absolute Gasteiger partial charge is 0.312 e. The zero-order valence-corrected chi connectivity index (χ0v) is 23.5. The number of aliphatic hydroxyl groups excluding tert-OH is 2. The first-order chi connectivity index (χ1) is 19.6. The molecule has 8 heteroatoms. The number of benzene rings is 3. The lowest BCUT2D eigenvalue weighted by Gasteiger charge is -2.22. The van der Waals surface area contributed by atoms with E-state index in [-0.39, 0.29) is 25.2 Å². The first kappa shape index (κ1) is 31.5. The van der Waals surface area contributed by atoms with Gasteiger partial charge in [0.1, 0.15) is 12.4 Å². The highest BCUT2D eigenvalue weighted by Gasteiger charge is 2.29. The number of hydrogen-bond donors (Lipinski definition) is 5. The van der Waals surface area contributed by atoms with Crippen molar-refractivity contribution in [2.45, 2.75) is 57.3 Å². The summed E-state index contributed by atoms with van der Waals surface area (Å²) in [6.07, 6.45) is 1.75. The average Bonchev–Trinajstić information content (AvgIpc) is 2.94. The van der Waals surface area contributed by atoms with Crippen LogP contribution >= 0.6 is 0 Å². The third-order valence-electron chi connectivity index (χ3n) is 7.28. The predicted octanol–water partition coefficient (Wildman–Crippen LogP) is 3.22. The Morgan fingerprint density at radius 1 is 0.927 bits per heavy atom. The average molecular weight is 561 g/mol. The van der Waals surface area contributed by atoms with Gasteiger partial charge in [-0.05, 0) is 73.1 Å². The monoisotopic (exact) mass is 560 g/mol. The van der Waals surface area contributed by atoms with Gasteiger partial charge in [-0.25, -0.2) is 0 Å². The van der Waals surface area contributed by atoms with E-state index in [1.807, 2.05) is 50.2 Å². The molecule has 218 valence electrons. The van der Waals surface area contributed by atoms with Crippen molar-refractivity contribution in [3.8, 4) is 5.75 Å². The second-order valence-corrected chi connectivity index (χ2v) is 10.4. The summed E-state index contributed by atoms with van der Waals surface area (Å²) in [7, 11) is 0. The lowest BCUT2D eigenvalue weighted by atomic mass is 9.92. The SMILES string of the molecule is Cc1cc(O)cc(C)c1CC(N)C(O)CC=CC(O)C(Cc1ccccc1)C(=O)OCC(C(N)=O)c1ccccc1. The highest BCUT2D eigenvalue weighted by Crippen LogP contribution is 2.23. The maximum Gasteiger partial charge on any atom is 0.312 e. The van der Waals surface area contributed by atoms with Gasteiger partial charge in [0, 0.05) is 6.04 Å². The largest absolute Gasteiger partial charge is 0.508 e. The molecule has 5 atom stereocenters. The number of carbonyl (C=O) groups is 2. The van der Waals surface area contributed by atoms with Gasteiger partial charge in [-0.3, -0.25) is 9.59 Å². The Morgan fingerprint density at radius 3 is 2.10 bits per heavy atom. The molecule has 41 heavy (non-hydrogen) atoms. The van der Waals surface area contributed by atoms with Crippen LogP contribution in [0.4, 0.5) is 0 Å². The van der Waals surface area contributed by atoms with Crippen molar-refractivity contribution in [3.05, 3.63) is 113 Å². The molecule has 8 nitrogen and oxygen atoms in total. The fourth-order valence-electron chi connectivity index (χ4n) is 4.84. The second-order valence-electron chi connectivity index (χ2n) is 10.4. The van der Waals surface area contributed by atoms with Crippen molar-refractivity contribution in [3.63, 3.8) is 0 Å². The van der Waals surface area contributed by atoms with E-state index in [1.165, 1.54) is 6.08 Å². The number of rotatable bonds is 14. The summed E-state index contributed by atoms with van der Waals surface area (Å²) in [5.41, 5.74) is 16.1. The molecule has 0 spiro atoms. The van der Waals surface area contributed by atoms with Crippen molar-refractivity contribution in [2.24, 2.45) is 17.4 Å². The fourth-order valence-corrected chi connectivity index (χ4v) is 4.84. The normalized spacial score (nSPS) is 15.1. The van der Waals surface area contributed by atoms with Crippen LogP contribution in [0.2, 0.25) is 0 Å². The quantitative estimate of drug-likeness (QED) is 0.150. The van der Waals surface area contributed by atoms with Crippen LogP contribution in [0.15, 0.2) is 84.9 Å². The molecule has 0 heterocycles. The van der Waals surface area contributed by atoms with Gasteiger partial charge in [0.2, 0.25) is 5.91 Å². The van der Waals surface area contributed by atoms with Gasteiger partial charge in [0.05, 0.1) is 24.0 Å². The lowest BCUT2D eigenvalue weighted by Crippen LogP contribution is -2.37. The van der Waals surface area contributed by atoms with Crippen LogP contribution in [0, 0.1) is 19.8 Å². The van der Waals surface area contributed by atoms with Gasteiger partial charge in [-0.15, -0.1) is 0 Å². The Hall–Kier alpha value is -3.98. The standard InChI is InChI=1S/C33H40N2O6/c1-21-16-25(36)17-22(2)26(21)19-29(34)31(38)15-9-14-30(37)27(18-23-10-5-3-6-11-23)33(40)41-20-28(32(35)39)24-12-7-4-8-13-24/h3-14,16-17,27-31,36-38H,15,18-20,34H2,1-2H3,(H2,35,39). The van der Waals surface area contributed by atoms with E-state index in [1.54, 1.807) is 42.5 Å². The topological polar surface area (TPSA) is 156 Å². The summed E-state index contributed by atoms with van der Waals surface area (Å²) in [6, 6.07) is 20.8. The first-order valence-corrected chi connectivity index (χ1v) is 13.7. The number of aryl methyl sites for hydroxylation is 2. The Bertz CT molecular complexity index is 1290. The van der Waals surface area contributed by atoms with Gasteiger partial charge >= 0.3 is 5.97 Å². The number of primary amides is 1. The number of esters is 1. The minimum absolute atomic E-state index is 0.166. The molecule has 0 radical (unpaired) electrons. The molecule has 7 N–H and O–H groups in total. The molecule has 3 rings (SSSR count). The zero-order valence-electron chi connectivity index (χ0n) is 23.5. The molecule has 5 unspecified atom stereocenters. The van der Waals surface area contributed by atoms with Crippen LogP contribution < -0.4 is 11.5 Å². The number of phenolic OH excluding ortho intramolecular Hbond substituents is 1. The molecule has 0 aromatic heterocycles.